The van der Waals surface area contributed by atoms with E-state index in [1.807, 2.05) is 43.3 Å². The van der Waals surface area contributed by atoms with E-state index in [0.717, 1.165) is 10.0 Å². The zero-order chi connectivity index (χ0) is 16.7. The Hall–Kier alpha value is -2.18. The molecule has 2 rings (SSSR count). The number of aryl methyl sites for hydroxylation is 1. The molecule has 120 valence electrons. The molecule has 0 atom stereocenters. The summed E-state index contributed by atoms with van der Waals surface area (Å²) in [5.74, 6) is -0.621. The van der Waals surface area contributed by atoms with Crippen molar-refractivity contribution in [2.45, 2.75) is 6.92 Å². The van der Waals surface area contributed by atoms with Crippen LogP contribution < -0.4 is 10.6 Å². The van der Waals surface area contributed by atoms with Crippen molar-refractivity contribution < 1.29 is 14.3 Å². The van der Waals surface area contributed by atoms with Crippen molar-refractivity contribution in [1.82, 2.24) is 0 Å². The lowest BCUT2D eigenvalue weighted by Gasteiger charge is -2.08. The minimum atomic E-state index is -0.319. The quantitative estimate of drug-likeness (QED) is 0.812. The number of rotatable bonds is 6. The van der Waals surface area contributed by atoms with E-state index in [1.54, 1.807) is 12.1 Å². The number of halogens is 1. The normalized spacial score (nSPS) is 10.2. The summed E-state index contributed by atoms with van der Waals surface area (Å²) in [6.07, 6.45) is 0. The second kappa shape index (κ2) is 8.45. The molecule has 0 unspecified atom stereocenters. The Labute approximate surface area is 143 Å². The molecule has 0 saturated heterocycles. The SMILES string of the molecule is Cc1cccc(NC(=O)COCC(=O)Nc2ccccc2Br)c1. The molecule has 5 nitrogen and oxygen atoms in total. The first-order valence-corrected chi connectivity index (χ1v) is 7.82. The number of ether oxygens (including phenoxy) is 1. The highest BCUT2D eigenvalue weighted by Crippen LogP contribution is 2.20. The van der Waals surface area contributed by atoms with Crippen LogP contribution in [0.4, 0.5) is 11.4 Å². The van der Waals surface area contributed by atoms with Crippen LogP contribution in [0.1, 0.15) is 5.56 Å². The third kappa shape index (κ3) is 5.84. The van der Waals surface area contributed by atoms with Crippen LogP contribution in [0.25, 0.3) is 0 Å². The lowest BCUT2D eigenvalue weighted by Crippen LogP contribution is -2.24. The minimum absolute atomic E-state index is 0.183. The summed E-state index contributed by atoms with van der Waals surface area (Å²) in [6.45, 7) is 1.57. The third-order valence-electron chi connectivity index (χ3n) is 2.92. The number of benzene rings is 2. The summed E-state index contributed by atoms with van der Waals surface area (Å²) in [5.41, 5.74) is 2.41. The summed E-state index contributed by atoms with van der Waals surface area (Å²) in [6, 6.07) is 14.7. The number of para-hydroxylation sites is 1. The van der Waals surface area contributed by atoms with Gasteiger partial charge in [-0.2, -0.15) is 0 Å². The Balaban J connectivity index is 1.73. The monoisotopic (exact) mass is 376 g/mol. The first-order valence-electron chi connectivity index (χ1n) is 7.03. The van der Waals surface area contributed by atoms with Gasteiger partial charge in [0, 0.05) is 10.2 Å². The third-order valence-corrected chi connectivity index (χ3v) is 3.61. The molecule has 2 aromatic carbocycles. The van der Waals surface area contributed by atoms with Crippen LogP contribution in [-0.4, -0.2) is 25.0 Å². The molecule has 0 radical (unpaired) electrons. The highest BCUT2D eigenvalue weighted by atomic mass is 79.9. The van der Waals surface area contributed by atoms with E-state index in [0.29, 0.717) is 11.4 Å². The smallest absolute Gasteiger partial charge is 0.250 e. The lowest BCUT2D eigenvalue weighted by molar-refractivity contribution is -0.125. The molecule has 0 fully saturated rings. The summed E-state index contributed by atoms with van der Waals surface area (Å²) >= 11 is 3.34. The van der Waals surface area contributed by atoms with Crippen LogP contribution in [0.5, 0.6) is 0 Å². The van der Waals surface area contributed by atoms with E-state index >= 15 is 0 Å². The van der Waals surface area contributed by atoms with Crippen molar-refractivity contribution in [3.63, 3.8) is 0 Å². The summed E-state index contributed by atoms with van der Waals surface area (Å²) in [7, 11) is 0. The van der Waals surface area contributed by atoms with Crippen molar-refractivity contribution in [3.05, 3.63) is 58.6 Å². The van der Waals surface area contributed by atoms with Gasteiger partial charge in [0.1, 0.15) is 13.2 Å². The number of hydrogen-bond donors (Lipinski definition) is 2. The second-order valence-electron chi connectivity index (χ2n) is 4.94. The van der Waals surface area contributed by atoms with Crippen molar-refractivity contribution in [2.24, 2.45) is 0 Å². The van der Waals surface area contributed by atoms with Crippen LogP contribution in [0, 0.1) is 6.92 Å². The Morgan fingerprint density at radius 3 is 2.39 bits per heavy atom. The molecular weight excluding hydrogens is 360 g/mol. The number of carbonyl (C=O) groups excluding carboxylic acids is 2. The number of amides is 2. The molecule has 2 amide bonds. The first-order chi connectivity index (χ1) is 11.0. The van der Waals surface area contributed by atoms with Crippen molar-refractivity contribution in [3.8, 4) is 0 Å². The van der Waals surface area contributed by atoms with Gasteiger partial charge < -0.3 is 15.4 Å². The number of hydrogen-bond acceptors (Lipinski definition) is 3. The molecule has 0 bridgehead atoms. The van der Waals surface area contributed by atoms with Crippen molar-refractivity contribution in [1.29, 1.82) is 0 Å². The van der Waals surface area contributed by atoms with Crippen LogP contribution in [-0.2, 0) is 14.3 Å². The fraction of sp³-hybridized carbons (Fsp3) is 0.176. The average molecular weight is 377 g/mol. The molecule has 6 heteroatoms. The van der Waals surface area contributed by atoms with Gasteiger partial charge in [-0.15, -0.1) is 0 Å². The Morgan fingerprint density at radius 1 is 1.00 bits per heavy atom. The maximum absolute atomic E-state index is 11.8. The van der Waals surface area contributed by atoms with Crippen LogP contribution in [0.3, 0.4) is 0 Å². The predicted molar refractivity (Wildman–Crippen MR) is 93.4 cm³/mol. The van der Waals surface area contributed by atoms with Crippen LogP contribution in [0.15, 0.2) is 53.0 Å². The number of nitrogens with one attached hydrogen (secondary N) is 2. The van der Waals surface area contributed by atoms with Gasteiger partial charge in [-0.25, -0.2) is 0 Å². The molecule has 23 heavy (non-hydrogen) atoms. The summed E-state index contributed by atoms with van der Waals surface area (Å²) in [4.78, 5) is 23.5. The summed E-state index contributed by atoms with van der Waals surface area (Å²) < 4.78 is 5.92. The molecule has 2 N–H and O–H groups in total. The van der Waals surface area contributed by atoms with E-state index in [1.165, 1.54) is 0 Å². The van der Waals surface area contributed by atoms with Gasteiger partial charge >= 0.3 is 0 Å². The second-order valence-corrected chi connectivity index (χ2v) is 5.79. The van der Waals surface area contributed by atoms with Gasteiger partial charge in [-0.3, -0.25) is 9.59 Å². The molecular formula is C17H17BrN2O3. The number of carbonyl (C=O) groups is 2. The van der Waals surface area contributed by atoms with Crippen molar-refractivity contribution >= 4 is 39.1 Å². The van der Waals surface area contributed by atoms with Crippen LogP contribution in [0.2, 0.25) is 0 Å². The Morgan fingerprint density at radius 2 is 1.70 bits per heavy atom. The molecule has 0 saturated carbocycles. The Kier molecular flexibility index (Phi) is 6.31. The topological polar surface area (TPSA) is 67.4 Å². The van der Waals surface area contributed by atoms with E-state index in [2.05, 4.69) is 26.6 Å². The predicted octanol–water partition coefficient (Wildman–Crippen LogP) is 3.35. The Bertz CT molecular complexity index is 704. The molecule has 0 aliphatic carbocycles. The summed E-state index contributed by atoms with van der Waals surface area (Å²) in [5, 5.41) is 5.41. The zero-order valence-electron chi connectivity index (χ0n) is 12.6. The molecule has 0 spiro atoms. The van der Waals surface area contributed by atoms with E-state index < -0.39 is 0 Å². The maximum Gasteiger partial charge on any atom is 0.250 e. The van der Waals surface area contributed by atoms with Crippen molar-refractivity contribution in [2.75, 3.05) is 23.8 Å². The van der Waals surface area contributed by atoms with E-state index in [-0.39, 0.29) is 25.0 Å². The number of anilines is 2. The van der Waals surface area contributed by atoms with Gasteiger partial charge in [0.05, 0.1) is 5.69 Å². The minimum Gasteiger partial charge on any atom is -0.362 e. The molecule has 0 heterocycles. The van der Waals surface area contributed by atoms with E-state index in [4.69, 9.17) is 4.74 Å². The first kappa shape index (κ1) is 17.2. The van der Waals surface area contributed by atoms with E-state index in [9.17, 15) is 9.59 Å². The average Bonchev–Trinajstić information content (AvgIpc) is 2.49. The molecule has 0 aliphatic rings. The molecule has 2 aromatic rings. The van der Waals surface area contributed by atoms with Gasteiger partial charge in [-0.1, -0.05) is 24.3 Å². The fourth-order valence-electron chi connectivity index (χ4n) is 1.91. The lowest BCUT2D eigenvalue weighted by atomic mass is 10.2. The largest absolute Gasteiger partial charge is 0.362 e. The van der Waals surface area contributed by atoms with Gasteiger partial charge in [-0.05, 0) is 52.7 Å². The highest BCUT2D eigenvalue weighted by molar-refractivity contribution is 9.10. The standard InChI is InChI=1S/C17H17BrN2O3/c1-12-5-4-6-13(9-12)19-16(21)10-23-11-17(22)20-15-8-3-2-7-14(15)18/h2-9H,10-11H2,1H3,(H,19,21)(H,20,22). The van der Waals surface area contributed by atoms with Crippen LogP contribution >= 0.6 is 15.9 Å². The fourth-order valence-corrected chi connectivity index (χ4v) is 2.29. The highest BCUT2D eigenvalue weighted by Gasteiger charge is 2.07. The van der Waals surface area contributed by atoms with Gasteiger partial charge in [0.2, 0.25) is 11.8 Å². The van der Waals surface area contributed by atoms with Gasteiger partial charge in [0.15, 0.2) is 0 Å². The zero-order valence-corrected chi connectivity index (χ0v) is 14.2. The van der Waals surface area contributed by atoms with Gasteiger partial charge in [0.25, 0.3) is 0 Å². The maximum atomic E-state index is 11.8. The molecule has 0 aliphatic heterocycles. The molecule has 0 aromatic heterocycles.